The van der Waals surface area contributed by atoms with Gasteiger partial charge in [0.2, 0.25) is 0 Å². The summed E-state index contributed by atoms with van der Waals surface area (Å²) >= 11 is 0. The molecule has 0 heterocycles. The largest absolute Gasteiger partial charge is 0.481 e. The van der Waals surface area contributed by atoms with Crippen molar-refractivity contribution in [1.82, 2.24) is 0 Å². The third-order valence-corrected chi connectivity index (χ3v) is 9.96. The Morgan fingerprint density at radius 1 is 1.07 bits per heavy atom. The van der Waals surface area contributed by atoms with Crippen molar-refractivity contribution in [3.05, 3.63) is 0 Å². The van der Waals surface area contributed by atoms with Crippen LogP contribution in [-0.4, -0.2) is 16.9 Å². The van der Waals surface area contributed by atoms with Crippen LogP contribution in [0, 0.1) is 46.3 Å². The van der Waals surface area contributed by atoms with E-state index in [4.69, 9.17) is 5.11 Å². The molecule has 8 atom stereocenters. The zero-order valence-electron chi connectivity index (χ0n) is 17.5. The number of carboxylic acids is 1. The fourth-order valence-corrected chi connectivity index (χ4v) is 8.49. The van der Waals surface area contributed by atoms with Gasteiger partial charge in [0.25, 0.3) is 0 Å². The van der Waals surface area contributed by atoms with Gasteiger partial charge in [0.05, 0.1) is 0 Å². The van der Waals surface area contributed by atoms with Gasteiger partial charge in [0.15, 0.2) is 0 Å². The van der Waals surface area contributed by atoms with Gasteiger partial charge in [-0.1, -0.05) is 33.6 Å². The minimum atomic E-state index is -0.677. The highest BCUT2D eigenvalue weighted by atomic mass is 16.4. The van der Waals surface area contributed by atoms with Crippen LogP contribution in [0.5, 0.6) is 0 Å². The first kappa shape index (κ1) is 19.5. The number of ketones is 1. The average Bonchev–Trinajstić information content (AvgIpc) is 2.97. The van der Waals surface area contributed by atoms with Crippen molar-refractivity contribution in [3.63, 3.8) is 0 Å². The maximum absolute atomic E-state index is 13.3. The van der Waals surface area contributed by atoms with Crippen LogP contribution < -0.4 is 0 Å². The number of carboxylic acid groups (broad SMARTS) is 1. The Morgan fingerprint density at radius 2 is 1.81 bits per heavy atom. The van der Waals surface area contributed by atoms with E-state index in [0.717, 1.165) is 12.8 Å². The number of fused-ring (bicyclic) bond motifs is 5. The van der Waals surface area contributed by atoms with Crippen molar-refractivity contribution in [2.45, 2.75) is 91.4 Å². The Labute approximate surface area is 164 Å². The summed E-state index contributed by atoms with van der Waals surface area (Å²) in [5, 5.41) is 9.08. The molecule has 4 aliphatic carbocycles. The van der Waals surface area contributed by atoms with Crippen molar-refractivity contribution < 1.29 is 14.7 Å². The van der Waals surface area contributed by atoms with Crippen LogP contribution in [0.2, 0.25) is 0 Å². The van der Waals surface area contributed by atoms with Crippen molar-refractivity contribution in [2.75, 3.05) is 0 Å². The maximum Gasteiger partial charge on any atom is 0.303 e. The number of hydrogen-bond acceptors (Lipinski definition) is 2. The predicted molar refractivity (Wildman–Crippen MR) is 106 cm³/mol. The van der Waals surface area contributed by atoms with Crippen molar-refractivity contribution in [3.8, 4) is 0 Å². The van der Waals surface area contributed by atoms with E-state index in [9.17, 15) is 9.59 Å². The number of hydrogen-bond donors (Lipinski definition) is 1. The molecule has 0 aromatic heterocycles. The summed E-state index contributed by atoms with van der Waals surface area (Å²) in [6.07, 6.45) is 12.0. The summed E-state index contributed by atoms with van der Waals surface area (Å²) in [7, 11) is 0. The van der Waals surface area contributed by atoms with Crippen LogP contribution in [0.25, 0.3) is 0 Å². The minimum absolute atomic E-state index is 0.243. The molecule has 0 amide bonds. The summed E-state index contributed by atoms with van der Waals surface area (Å²) in [5.74, 6) is 3.02. The van der Waals surface area contributed by atoms with Crippen LogP contribution >= 0.6 is 0 Å². The Hall–Kier alpha value is -0.860. The average molecular weight is 375 g/mol. The lowest BCUT2D eigenvalue weighted by atomic mass is 9.44. The summed E-state index contributed by atoms with van der Waals surface area (Å²) < 4.78 is 0. The Kier molecular flexibility index (Phi) is 4.96. The van der Waals surface area contributed by atoms with Crippen LogP contribution in [0.4, 0.5) is 0 Å². The first-order valence-electron chi connectivity index (χ1n) is 11.5. The molecule has 0 aromatic carbocycles. The predicted octanol–water partition coefficient (Wildman–Crippen LogP) is 5.72. The zero-order valence-corrected chi connectivity index (χ0v) is 17.5. The molecule has 4 saturated carbocycles. The second kappa shape index (κ2) is 6.88. The van der Waals surface area contributed by atoms with Gasteiger partial charge in [-0.2, -0.15) is 0 Å². The van der Waals surface area contributed by atoms with Crippen LogP contribution in [0.3, 0.4) is 0 Å². The molecule has 4 aliphatic rings. The maximum atomic E-state index is 13.3. The van der Waals surface area contributed by atoms with Crippen molar-refractivity contribution in [1.29, 1.82) is 0 Å². The second-order valence-corrected chi connectivity index (χ2v) is 11.0. The molecule has 0 saturated heterocycles. The van der Waals surface area contributed by atoms with E-state index in [1.165, 1.54) is 51.4 Å². The quantitative estimate of drug-likeness (QED) is 0.685. The van der Waals surface area contributed by atoms with E-state index < -0.39 is 5.97 Å². The van der Waals surface area contributed by atoms with Gasteiger partial charge >= 0.3 is 5.97 Å². The topological polar surface area (TPSA) is 54.4 Å². The smallest absolute Gasteiger partial charge is 0.303 e. The molecule has 3 unspecified atom stereocenters. The highest BCUT2D eigenvalue weighted by Gasteiger charge is 2.62. The number of Topliss-reactive ketones (excluding diaryl/α,β-unsaturated/α-hetero) is 1. The van der Waals surface area contributed by atoms with Gasteiger partial charge in [0, 0.05) is 18.8 Å². The number of rotatable bonds is 4. The SMILES string of the molecule is C[C@H](CCC(=O)O)[C@H]1CCC2C3C(=O)CC4CCCC[C@]4(C)[C@H]3CC[C@@]21C. The highest BCUT2D eigenvalue weighted by molar-refractivity contribution is 5.83. The molecule has 0 aliphatic heterocycles. The molecule has 4 fully saturated rings. The number of aliphatic carboxylic acids is 1. The second-order valence-electron chi connectivity index (χ2n) is 11.0. The lowest BCUT2D eigenvalue weighted by Crippen LogP contribution is -2.56. The van der Waals surface area contributed by atoms with Crippen molar-refractivity contribution in [2.24, 2.45) is 46.3 Å². The summed E-state index contributed by atoms with van der Waals surface area (Å²) in [5.41, 5.74) is 0.637. The van der Waals surface area contributed by atoms with E-state index in [-0.39, 0.29) is 11.8 Å². The van der Waals surface area contributed by atoms with Gasteiger partial charge < -0.3 is 5.11 Å². The van der Waals surface area contributed by atoms with E-state index in [2.05, 4.69) is 20.8 Å². The number of carbonyl (C=O) groups is 2. The normalized spacial score (nSPS) is 47.7. The fraction of sp³-hybridized carbons (Fsp3) is 0.917. The third kappa shape index (κ3) is 2.99. The van der Waals surface area contributed by atoms with Gasteiger partial charge in [0.1, 0.15) is 5.78 Å². The molecule has 3 nitrogen and oxygen atoms in total. The first-order chi connectivity index (χ1) is 12.8. The van der Waals surface area contributed by atoms with Crippen LogP contribution in [0.15, 0.2) is 0 Å². The lowest BCUT2D eigenvalue weighted by Gasteiger charge is -2.60. The lowest BCUT2D eigenvalue weighted by molar-refractivity contribution is -0.156. The van der Waals surface area contributed by atoms with E-state index >= 15 is 0 Å². The highest BCUT2D eigenvalue weighted by Crippen LogP contribution is 2.67. The van der Waals surface area contributed by atoms with E-state index in [1.807, 2.05) is 0 Å². The molecule has 4 rings (SSSR count). The Balaban J connectivity index is 1.57. The standard InChI is InChI=1S/C24H38O3/c1-15(7-10-21(26)27)17-8-9-18-22-19(11-13-24(17,18)3)23(2)12-5-4-6-16(23)14-20(22)25/h15-19,22H,4-14H2,1-3H3,(H,26,27)/t15-,16?,17-,18?,19+,22?,23+,24-/m1/s1. The van der Waals surface area contributed by atoms with Gasteiger partial charge in [-0.25, -0.2) is 0 Å². The molecule has 27 heavy (non-hydrogen) atoms. The van der Waals surface area contributed by atoms with Gasteiger partial charge in [-0.3, -0.25) is 9.59 Å². The van der Waals surface area contributed by atoms with Crippen LogP contribution in [0.1, 0.15) is 91.4 Å². The molecule has 3 heteroatoms. The zero-order chi connectivity index (χ0) is 19.4. The molecule has 152 valence electrons. The minimum Gasteiger partial charge on any atom is -0.481 e. The molecule has 0 aromatic rings. The molecule has 0 radical (unpaired) electrons. The number of carbonyl (C=O) groups excluding carboxylic acids is 1. The van der Waals surface area contributed by atoms with Gasteiger partial charge in [-0.05, 0) is 85.4 Å². The van der Waals surface area contributed by atoms with Gasteiger partial charge in [-0.15, -0.1) is 0 Å². The molecular formula is C24H38O3. The molecular weight excluding hydrogens is 336 g/mol. The monoisotopic (exact) mass is 374 g/mol. The molecule has 0 bridgehead atoms. The van der Waals surface area contributed by atoms with E-state index in [1.54, 1.807) is 0 Å². The van der Waals surface area contributed by atoms with Crippen molar-refractivity contribution >= 4 is 11.8 Å². The molecule has 0 spiro atoms. The summed E-state index contributed by atoms with van der Waals surface area (Å²) in [6, 6.07) is 0. The third-order valence-electron chi connectivity index (χ3n) is 9.96. The summed E-state index contributed by atoms with van der Waals surface area (Å²) in [6.45, 7) is 7.23. The molecule has 1 N–H and O–H groups in total. The Morgan fingerprint density at radius 3 is 2.56 bits per heavy atom. The first-order valence-corrected chi connectivity index (χ1v) is 11.5. The Bertz CT molecular complexity index is 613. The fourth-order valence-electron chi connectivity index (χ4n) is 8.49. The van der Waals surface area contributed by atoms with E-state index in [0.29, 0.717) is 46.7 Å². The summed E-state index contributed by atoms with van der Waals surface area (Å²) in [4.78, 5) is 24.4. The van der Waals surface area contributed by atoms with Crippen LogP contribution in [-0.2, 0) is 9.59 Å².